The van der Waals surface area contributed by atoms with Crippen molar-refractivity contribution in [3.63, 3.8) is 0 Å². The molecule has 0 atom stereocenters. The number of nitrogens with one attached hydrogen (secondary N) is 1. The lowest BCUT2D eigenvalue weighted by Crippen LogP contribution is -1.93. The summed E-state index contributed by atoms with van der Waals surface area (Å²) in [6, 6.07) is 11.8. The van der Waals surface area contributed by atoms with Crippen LogP contribution in [0.3, 0.4) is 0 Å². The second-order valence-corrected chi connectivity index (χ2v) is 4.03. The first-order valence-corrected chi connectivity index (χ1v) is 5.84. The zero-order valence-electron chi connectivity index (χ0n) is 10.7. The number of rotatable bonds is 5. The molecule has 2 rings (SSSR count). The SMILES string of the molecule is O=[N+]([O-])c1ccc(N/N=C\c2cccc([N+](=O)[O-])c2)cc1. The van der Waals surface area contributed by atoms with E-state index in [-0.39, 0.29) is 11.4 Å². The number of non-ortho nitro benzene ring substituents is 2. The number of hydrazone groups is 1. The molecular formula is C13H10N4O4. The lowest BCUT2D eigenvalue weighted by atomic mass is 10.2. The fraction of sp³-hybridized carbons (Fsp3) is 0. The maximum absolute atomic E-state index is 10.6. The predicted octanol–water partition coefficient (Wildman–Crippen LogP) is 2.95. The van der Waals surface area contributed by atoms with Crippen LogP contribution in [0.4, 0.5) is 17.1 Å². The Labute approximate surface area is 119 Å². The summed E-state index contributed by atoms with van der Waals surface area (Å²) in [4.78, 5) is 20.1. The zero-order valence-corrected chi connectivity index (χ0v) is 10.7. The first kappa shape index (κ1) is 14.1. The summed E-state index contributed by atoms with van der Waals surface area (Å²) in [7, 11) is 0. The molecule has 0 aliphatic heterocycles. The van der Waals surface area contributed by atoms with E-state index in [4.69, 9.17) is 0 Å². The summed E-state index contributed by atoms with van der Waals surface area (Å²) in [5.41, 5.74) is 3.79. The lowest BCUT2D eigenvalue weighted by Gasteiger charge is -1.99. The third-order valence-corrected chi connectivity index (χ3v) is 2.57. The van der Waals surface area contributed by atoms with Gasteiger partial charge >= 0.3 is 0 Å². The van der Waals surface area contributed by atoms with Crippen LogP contribution in [-0.2, 0) is 0 Å². The van der Waals surface area contributed by atoms with Gasteiger partial charge in [-0.3, -0.25) is 25.7 Å². The maximum atomic E-state index is 10.6. The normalized spacial score (nSPS) is 10.5. The van der Waals surface area contributed by atoms with Crippen molar-refractivity contribution in [2.24, 2.45) is 5.10 Å². The van der Waals surface area contributed by atoms with E-state index in [2.05, 4.69) is 10.5 Å². The molecule has 2 aromatic carbocycles. The molecule has 0 heterocycles. The van der Waals surface area contributed by atoms with E-state index in [1.54, 1.807) is 12.1 Å². The van der Waals surface area contributed by atoms with E-state index in [9.17, 15) is 20.2 Å². The number of nitro benzene ring substituents is 2. The van der Waals surface area contributed by atoms with E-state index in [1.165, 1.54) is 42.6 Å². The number of benzene rings is 2. The van der Waals surface area contributed by atoms with Crippen molar-refractivity contribution in [2.45, 2.75) is 0 Å². The van der Waals surface area contributed by atoms with Crippen LogP contribution in [0.15, 0.2) is 53.6 Å². The fourth-order valence-corrected chi connectivity index (χ4v) is 1.56. The molecule has 0 saturated carbocycles. The summed E-state index contributed by atoms with van der Waals surface area (Å²) in [5, 5.41) is 25.0. The van der Waals surface area contributed by atoms with Crippen molar-refractivity contribution >= 4 is 23.3 Å². The Morgan fingerprint density at radius 1 is 0.952 bits per heavy atom. The number of hydrogen-bond donors (Lipinski definition) is 1. The average molecular weight is 286 g/mol. The topological polar surface area (TPSA) is 111 Å². The Balaban J connectivity index is 2.03. The highest BCUT2D eigenvalue weighted by atomic mass is 16.6. The van der Waals surface area contributed by atoms with Gasteiger partial charge in [-0.25, -0.2) is 0 Å². The van der Waals surface area contributed by atoms with Gasteiger partial charge < -0.3 is 0 Å². The second-order valence-electron chi connectivity index (χ2n) is 4.03. The van der Waals surface area contributed by atoms with Crippen molar-refractivity contribution in [1.82, 2.24) is 0 Å². The third-order valence-electron chi connectivity index (χ3n) is 2.57. The molecule has 8 nitrogen and oxygen atoms in total. The second kappa shape index (κ2) is 6.24. The average Bonchev–Trinajstić information content (AvgIpc) is 2.48. The Kier molecular flexibility index (Phi) is 4.20. The zero-order chi connectivity index (χ0) is 15.2. The van der Waals surface area contributed by atoms with Crippen LogP contribution >= 0.6 is 0 Å². The number of hydrogen-bond acceptors (Lipinski definition) is 6. The van der Waals surface area contributed by atoms with Gasteiger partial charge in [0.1, 0.15) is 0 Å². The van der Waals surface area contributed by atoms with Crippen molar-refractivity contribution in [3.8, 4) is 0 Å². The minimum atomic E-state index is -0.490. The molecule has 8 heteroatoms. The fourth-order valence-electron chi connectivity index (χ4n) is 1.56. The van der Waals surface area contributed by atoms with Gasteiger partial charge in [0.2, 0.25) is 0 Å². The molecule has 0 saturated heterocycles. The van der Waals surface area contributed by atoms with Gasteiger partial charge in [0.05, 0.1) is 21.7 Å². The van der Waals surface area contributed by atoms with Crippen molar-refractivity contribution in [1.29, 1.82) is 0 Å². The molecular weight excluding hydrogens is 276 g/mol. The van der Waals surface area contributed by atoms with E-state index in [0.717, 1.165) is 0 Å². The molecule has 21 heavy (non-hydrogen) atoms. The van der Waals surface area contributed by atoms with Crippen LogP contribution < -0.4 is 5.43 Å². The standard InChI is InChI=1S/C13H10N4O4/c18-16(19)12-6-4-11(5-7-12)15-14-9-10-2-1-3-13(8-10)17(20)21/h1-9,15H/b14-9-. The first-order valence-electron chi connectivity index (χ1n) is 5.84. The highest BCUT2D eigenvalue weighted by molar-refractivity contribution is 5.81. The summed E-state index contributed by atoms with van der Waals surface area (Å²) in [5.74, 6) is 0. The Morgan fingerprint density at radius 3 is 2.24 bits per heavy atom. The van der Waals surface area contributed by atoms with Crippen LogP contribution in [0, 0.1) is 20.2 Å². The van der Waals surface area contributed by atoms with Crippen LogP contribution in [0.1, 0.15) is 5.56 Å². The summed E-state index contributed by atoms with van der Waals surface area (Å²) < 4.78 is 0. The molecule has 0 bridgehead atoms. The van der Waals surface area contributed by atoms with Crippen LogP contribution in [0.5, 0.6) is 0 Å². The van der Waals surface area contributed by atoms with Gasteiger partial charge in [-0.05, 0) is 12.1 Å². The monoisotopic (exact) mass is 286 g/mol. The van der Waals surface area contributed by atoms with Crippen molar-refractivity contribution in [2.75, 3.05) is 5.43 Å². The molecule has 0 spiro atoms. The Morgan fingerprint density at radius 2 is 1.62 bits per heavy atom. The smallest absolute Gasteiger partial charge is 0.270 e. The van der Waals surface area contributed by atoms with E-state index in [1.807, 2.05) is 0 Å². The first-order chi connectivity index (χ1) is 10.1. The van der Waals surface area contributed by atoms with Gasteiger partial charge in [-0.1, -0.05) is 12.1 Å². The molecule has 0 aliphatic carbocycles. The number of nitrogens with zero attached hydrogens (tertiary/aromatic N) is 3. The van der Waals surface area contributed by atoms with Crippen LogP contribution in [-0.4, -0.2) is 16.1 Å². The lowest BCUT2D eigenvalue weighted by molar-refractivity contribution is -0.385. The summed E-state index contributed by atoms with van der Waals surface area (Å²) in [6.07, 6.45) is 1.43. The van der Waals surface area contributed by atoms with Crippen LogP contribution in [0.2, 0.25) is 0 Å². The number of nitro groups is 2. The predicted molar refractivity (Wildman–Crippen MR) is 77.4 cm³/mol. The largest absolute Gasteiger partial charge is 0.278 e. The number of anilines is 1. The summed E-state index contributed by atoms with van der Waals surface area (Å²) >= 11 is 0. The Hall–Kier alpha value is -3.29. The third kappa shape index (κ3) is 3.83. The van der Waals surface area contributed by atoms with E-state index >= 15 is 0 Å². The maximum Gasteiger partial charge on any atom is 0.270 e. The van der Waals surface area contributed by atoms with Crippen molar-refractivity contribution < 1.29 is 9.85 Å². The van der Waals surface area contributed by atoms with E-state index in [0.29, 0.717) is 11.3 Å². The van der Waals surface area contributed by atoms with Crippen molar-refractivity contribution in [3.05, 3.63) is 74.3 Å². The van der Waals surface area contributed by atoms with Gasteiger partial charge in [-0.15, -0.1) is 0 Å². The minimum absolute atomic E-state index is 0.0109. The van der Waals surface area contributed by atoms with Crippen LogP contribution in [0.25, 0.3) is 0 Å². The van der Waals surface area contributed by atoms with Gasteiger partial charge in [0.25, 0.3) is 11.4 Å². The molecule has 2 aromatic rings. The molecule has 0 aliphatic rings. The van der Waals surface area contributed by atoms with E-state index < -0.39 is 9.85 Å². The van der Waals surface area contributed by atoms with Gasteiger partial charge in [0.15, 0.2) is 0 Å². The molecule has 0 amide bonds. The molecule has 0 fully saturated rings. The minimum Gasteiger partial charge on any atom is -0.278 e. The van der Waals surface area contributed by atoms with Gasteiger partial charge in [0, 0.05) is 29.8 Å². The molecule has 1 N–H and O–H groups in total. The molecule has 106 valence electrons. The summed E-state index contributed by atoms with van der Waals surface area (Å²) in [6.45, 7) is 0. The molecule has 0 unspecified atom stereocenters. The highest BCUT2D eigenvalue weighted by Gasteiger charge is 2.04. The Bertz CT molecular complexity index is 698. The van der Waals surface area contributed by atoms with Gasteiger partial charge in [-0.2, -0.15) is 5.10 Å². The molecule has 0 aromatic heterocycles. The molecule has 0 radical (unpaired) electrons. The quantitative estimate of drug-likeness (QED) is 0.516. The highest BCUT2D eigenvalue weighted by Crippen LogP contribution is 2.15.